The summed E-state index contributed by atoms with van der Waals surface area (Å²) in [4.78, 5) is 11.2. The van der Waals surface area contributed by atoms with Gasteiger partial charge in [0, 0.05) is 33.2 Å². The average Bonchev–Trinajstić information content (AvgIpc) is 3.02. The minimum atomic E-state index is 0. The number of nitrogens with zero attached hydrogens (tertiary/aromatic N) is 4. The second-order valence-corrected chi connectivity index (χ2v) is 7.56. The van der Waals surface area contributed by atoms with Crippen molar-refractivity contribution in [2.45, 2.75) is 33.0 Å². The van der Waals surface area contributed by atoms with Crippen molar-refractivity contribution in [1.29, 1.82) is 0 Å². The summed E-state index contributed by atoms with van der Waals surface area (Å²) in [6.45, 7) is 5.56. The summed E-state index contributed by atoms with van der Waals surface area (Å²) >= 11 is 0. The standard InChI is InChI=1S/C23H32N6.HI/c1-18-27-21-11-5-6-12-22(21)29(18)14-8-13-25-23(24-2)26-16-19-9-7-10-20(15-19)17-28(3)4;/h5-7,9-12,15H,8,13-14,16-17H2,1-4H3,(H2,24,25,26);1H. The van der Waals surface area contributed by atoms with Gasteiger partial charge in [0.05, 0.1) is 11.0 Å². The molecule has 2 N–H and O–H groups in total. The number of guanidine groups is 1. The number of hydrogen-bond acceptors (Lipinski definition) is 3. The van der Waals surface area contributed by atoms with E-state index in [0.29, 0.717) is 0 Å². The first-order chi connectivity index (χ1) is 14.1. The molecule has 2 aromatic carbocycles. The van der Waals surface area contributed by atoms with Gasteiger partial charge in [0.1, 0.15) is 5.82 Å². The number of aryl methyl sites for hydroxylation is 2. The normalized spacial score (nSPS) is 11.6. The van der Waals surface area contributed by atoms with Gasteiger partial charge in [0.2, 0.25) is 0 Å². The molecule has 0 aliphatic heterocycles. The predicted octanol–water partition coefficient (Wildman–Crippen LogP) is 3.78. The van der Waals surface area contributed by atoms with E-state index in [0.717, 1.165) is 49.9 Å². The minimum Gasteiger partial charge on any atom is -0.356 e. The molecule has 0 spiro atoms. The second kappa shape index (κ2) is 11.9. The summed E-state index contributed by atoms with van der Waals surface area (Å²) in [6.07, 6.45) is 1.00. The van der Waals surface area contributed by atoms with Gasteiger partial charge >= 0.3 is 0 Å². The van der Waals surface area contributed by atoms with Crippen LogP contribution in [0, 0.1) is 6.92 Å². The van der Waals surface area contributed by atoms with Crippen LogP contribution in [0.4, 0.5) is 0 Å². The van der Waals surface area contributed by atoms with Gasteiger partial charge in [-0.3, -0.25) is 4.99 Å². The van der Waals surface area contributed by atoms with Crippen molar-refractivity contribution in [3.8, 4) is 0 Å². The average molecular weight is 520 g/mol. The van der Waals surface area contributed by atoms with Gasteiger partial charge in [0.25, 0.3) is 0 Å². The van der Waals surface area contributed by atoms with Crippen LogP contribution in [0.3, 0.4) is 0 Å². The molecule has 0 aliphatic rings. The van der Waals surface area contributed by atoms with E-state index in [2.05, 4.69) is 93.6 Å². The lowest BCUT2D eigenvalue weighted by Crippen LogP contribution is -2.37. The van der Waals surface area contributed by atoms with Crippen molar-refractivity contribution in [1.82, 2.24) is 25.1 Å². The van der Waals surface area contributed by atoms with Gasteiger partial charge in [-0.05, 0) is 50.7 Å². The molecule has 1 aromatic heterocycles. The van der Waals surface area contributed by atoms with Gasteiger partial charge in [-0.2, -0.15) is 0 Å². The molecule has 7 heteroatoms. The lowest BCUT2D eigenvalue weighted by Gasteiger charge is -2.14. The minimum absolute atomic E-state index is 0. The van der Waals surface area contributed by atoms with Crippen LogP contribution in [0.15, 0.2) is 53.5 Å². The molecular formula is C23H33IN6. The van der Waals surface area contributed by atoms with Crippen molar-refractivity contribution >= 4 is 41.0 Å². The zero-order chi connectivity index (χ0) is 20.6. The Balaban J connectivity index is 0.00000320. The highest BCUT2D eigenvalue weighted by atomic mass is 127. The fourth-order valence-electron chi connectivity index (χ4n) is 3.53. The second-order valence-electron chi connectivity index (χ2n) is 7.56. The van der Waals surface area contributed by atoms with Crippen molar-refractivity contribution in [2.24, 2.45) is 4.99 Å². The number of imidazole rings is 1. The van der Waals surface area contributed by atoms with E-state index < -0.39 is 0 Å². The number of aliphatic imine (C=N–C) groups is 1. The number of benzene rings is 2. The van der Waals surface area contributed by atoms with Crippen molar-refractivity contribution < 1.29 is 0 Å². The van der Waals surface area contributed by atoms with Crippen LogP contribution < -0.4 is 10.6 Å². The summed E-state index contributed by atoms with van der Waals surface area (Å²) in [7, 11) is 5.99. The molecular weight excluding hydrogens is 487 g/mol. The molecule has 0 amide bonds. The molecule has 0 radical (unpaired) electrons. The topological polar surface area (TPSA) is 57.5 Å². The summed E-state index contributed by atoms with van der Waals surface area (Å²) in [6, 6.07) is 17.0. The number of rotatable bonds is 8. The third kappa shape index (κ3) is 6.70. The van der Waals surface area contributed by atoms with Gasteiger partial charge in [-0.25, -0.2) is 4.98 Å². The molecule has 0 aliphatic carbocycles. The Morgan fingerprint density at radius 3 is 2.60 bits per heavy atom. The summed E-state index contributed by atoms with van der Waals surface area (Å²) in [5.41, 5.74) is 4.84. The van der Waals surface area contributed by atoms with Gasteiger partial charge < -0.3 is 20.1 Å². The zero-order valence-electron chi connectivity index (χ0n) is 18.4. The Morgan fingerprint density at radius 2 is 1.83 bits per heavy atom. The number of hydrogen-bond donors (Lipinski definition) is 2. The van der Waals surface area contributed by atoms with E-state index in [9.17, 15) is 0 Å². The molecule has 0 saturated heterocycles. The lowest BCUT2D eigenvalue weighted by molar-refractivity contribution is 0.402. The fraction of sp³-hybridized carbons (Fsp3) is 0.391. The first-order valence-electron chi connectivity index (χ1n) is 10.2. The molecule has 0 bridgehead atoms. The van der Waals surface area contributed by atoms with E-state index in [4.69, 9.17) is 0 Å². The molecule has 30 heavy (non-hydrogen) atoms. The molecule has 0 saturated carbocycles. The first kappa shape index (κ1) is 24.1. The van der Waals surface area contributed by atoms with E-state index in [-0.39, 0.29) is 24.0 Å². The number of para-hydroxylation sites is 2. The predicted molar refractivity (Wildman–Crippen MR) is 137 cm³/mol. The SMILES string of the molecule is CN=C(NCCCn1c(C)nc2ccccc21)NCc1cccc(CN(C)C)c1.I. The number of nitrogens with one attached hydrogen (secondary N) is 2. The highest BCUT2D eigenvalue weighted by Gasteiger charge is 2.06. The van der Waals surface area contributed by atoms with Crippen LogP contribution in [0.25, 0.3) is 11.0 Å². The van der Waals surface area contributed by atoms with Crippen LogP contribution >= 0.6 is 24.0 Å². The highest BCUT2D eigenvalue weighted by Crippen LogP contribution is 2.15. The number of aromatic nitrogens is 2. The number of halogens is 1. The fourth-order valence-corrected chi connectivity index (χ4v) is 3.53. The highest BCUT2D eigenvalue weighted by molar-refractivity contribution is 14.0. The molecule has 0 atom stereocenters. The largest absolute Gasteiger partial charge is 0.356 e. The Labute approximate surface area is 196 Å². The van der Waals surface area contributed by atoms with Crippen LogP contribution in [0.2, 0.25) is 0 Å². The van der Waals surface area contributed by atoms with E-state index in [1.165, 1.54) is 16.6 Å². The van der Waals surface area contributed by atoms with Gasteiger partial charge in [0.15, 0.2) is 5.96 Å². The smallest absolute Gasteiger partial charge is 0.191 e. The molecule has 1 heterocycles. The quantitative estimate of drug-likeness (QED) is 0.206. The summed E-state index contributed by atoms with van der Waals surface area (Å²) in [5, 5.41) is 6.82. The third-order valence-electron chi connectivity index (χ3n) is 4.87. The van der Waals surface area contributed by atoms with Crippen LogP contribution in [0.1, 0.15) is 23.4 Å². The molecule has 162 valence electrons. The van der Waals surface area contributed by atoms with Crippen molar-refractivity contribution in [3.63, 3.8) is 0 Å². The van der Waals surface area contributed by atoms with Crippen molar-refractivity contribution in [2.75, 3.05) is 27.7 Å². The van der Waals surface area contributed by atoms with E-state index >= 15 is 0 Å². The van der Waals surface area contributed by atoms with Gasteiger partial charge in [-0.15, -0.1) is 24.0 Å². The number of fused-ring (bicyclic) bond motifs is 1. The van der Waals surface area contributed by atoms with Gasteiger partial charge in [-0.1, -0.05) is 36.4 Å². The van der Waals surface area contributed by atoms with E-state index in [1.54, 1.807) is 0 Å². The van der Waals surface area contributed by atoms with Crippen LogP contribution in [-0.2, 0) is 19.6 Å². The molecule has 3 rings (SSSR count). The first-order valence-corrected chi connectivity index (χ1v) is 10.2. The monoisotopic (exact) mass is 520 g/mol. The molecule has 0 unspecified atom stereocenters. The lowest BCUT2D eigenvalue weighted by atomic mass is 10.1. The molecule has 3 aromatic rings. The Kier molecular flexibility index (Phi) is 9.58. The van der Waals surface area contributed by atoms with Crippen LogP contribution in [0.5, 0.6) is 0 Å². The maximum atomic E-state index is 4.63. The Bertz CT molecular complexity index is 963. The van der Waals surface area contributed by atoms with Crippen LogP contribution in [-0.4, -0.2) is 48.1 Å². The van der Waals surface area contributed by atoms with E-state index in [1.807, 2.05) is 13.1 Å². The Morgan fingerprint density at radius 1 is 1.07 bits per heavy atom. The summed E-state index contributed by atoms with van der Waals surface area (Å²) < 4.78 is 2.28. The molecule has 6 nitrogen and oxygen atoms in total. The molecule has 0 fully saturated rings. The maximum absolute atomic E-state index is 4.63. The summed E-state index contributed by atoms with van der Waals surface area (Å²) in [5.74, 6) is 1.89. The van der Waals surface area contributed by atoms with Crippen molar-refractivity contribution in [3.05, 3.63) is 65.5 Å². The zero-order valence-corrected chi connectivity index (χ0v) is 20.7. The maximum Gasteiger partial charge on any atom is 0.191 e. The third-order valence-corrected chi connectivity index (χ3v) is 4.87. The Hall–Kier alpha value is -2.13.